The van der Waals surface area contributed by atoms with Crippen LogP contribution in [0.1, 0.15) is 46.5 Å². The molecule has 116 valence electrons. The minimum Gasteiger partial charge on any atom is -0.316 e. The first-order valence-electron chi connectivity index (χ1n) is 7.24. The lowest BCUT2D eigenvalue weighted by molar-refractivity contribution is -0.138. The van der Waals surface area contributed by atoms with Gasteiger partial charge in [0.2, 0.25) is 0 Å². The Labute approximate surface area is 115 Å². The van der Waals surface area contributed by atoms with E-state index in [-0.39, 0.29) is 12.0 Å². The van der Waals surface area contributed by atoms with Crippen LogP contribution in [0.15, 0.2) is 0 Å². The number of nitrogens with one attached hydrogen (secondary N) is 1. The molecule has 0 saturated heterocycles. The maximum atomic E-state index is 12.2. The third-order valence-electron chi connectivity index (χ3n) is 3.81. The van der Waals surface area contributed by atoms with Crippen LogP contribution in [0.3, 0.4) is 0 Å². The Hall–Kier alpha value is -0.290. The summed E-state index contributed by atoms with van der Waals surface area (Å²) in [5.41, 5.74) is 0.0789. The van der Waals surface area contributed by atoms with Crippen LogP contribution in [-0.4, -0.2) is 44.3 Å². The van der Waals surface area contributed by atoms with E-state index in [9.17, 15) is 13.2 Å². The fourth-order valence-corrected chi connectivity index (χ4v) is 2.28. The second-order valence-corrected chi connectivity index (χ2v) is 5.49. The van der Waals surface area contributed by atoms with Crippen molar-refractivity contribution < 1.29 is 13.2 Å². The Morgan fingerprint density at radius 3 is 2.05 bits per heavy atom. The zero-order valence-electron chi connectivity index (χ0n) is 12.7. The summed E-state index contributed by atoms with van der Waals surface area (Å²) in [6.45, 7) is 9.00. The summed E-state index contributed by atoms with van der Waals surface area (Å²) in [5.74, 6) is 0. The molecular weight excluding hydrogens is 253 g/mol. The highest BCUT2D eigenvalue weighted by molar-refractivity contribution is 4.82. The molecule has 0 atom stereocenters. The first-order valence-corrected chi connectivity index (χ1v) is 7.24. The molecule has 0 heterocycles. The molecule has 0 aliphatic carbocycles. The van der Waals surface area contributed by atoms with Crippen molar-refractivity contribution in [3.05, 3.63) is 0 Å². The quantitative estimate of drug-likeness (QED) is 0.615. The van der Waals surface area contributed by atoms with E-state index < -0.39 is 12.6 Å². The predicted molar refractivity (Wildman–Crippen MR) is 74.3 cm³/mol. The van der Waals surface area contributed by atoms with Gasteiger partial charge in [0.25, 0.3) is 0 Å². The van der Waals surface area contributed by atoms with Crippen molar-refractivity contribution in [2.45, 2.75) is 52.6 Å². The highest BCUT2D eigenvalue weighted by atomic mass is 19.4. The molecule has 0 saturated carbocycles. The van der Waals surface area contributed by atoms with Gasteiger partial charge in [0.1, 0.15) is 0 Å². The summed E-state index contributed by atoms with van der Waals surface area (Å²) in [6, 6.07) is 0. The monoisotopic (exact) mass is 282 g/mol. The fourth-order valence-electron chi connectivity index (χ4n) is 2.28. The molecule has 19 heavy (non-hydrogen) atoms. The largest absolute Gasteiger partial charge is 0.390 e. The van der Waals surface area contributed by atoms with Gasteiger partial charge in [-0.05, 0) is 38.3 Å². The Kier molecular flexibility index (Phi) is 8.66. The molecule has 0 fully saturated rings. The zero-order valence-corrected chi connectivity index (χ0v) is 12.7. The number of hydrogen-bond acceptors (Lipinski definition) is 2. The number of alkyl halides is 3. The van der Waals surface area contributed by atoms with Gasteiger partial charge < -0.3 is 10.2 Å². The van der Waals surface area contributed by atoms with Crippen LogP contribution in [-0.2, 0) is 0 Å². The van der Waals surface area contributed by atoms with E-state index in [0.29, 0.717) is 6.54 Å². The molecule has 0 aromatic rings. The first kappa shape index (κ1) is 18.7. The van der Waals surface area contributed by atoms with Crippen molar-refractivity contribution in [1.29, 1.82) is 0 Å². The van der Waals surface area contributed by atoms with Crippen LogP contribution in [0.25, 0.3) is 0 Å². The summed E-state index contributed by atoms with van der Waals surface area (Å²) in [7, 11) is 1.78. The molecule has 0 radical (unpaired) electrons. The van der Waals surface area contributed by atoms with E-state index in [2.05, 4.69) is 26.1 Å². The van der Waals surface area contributed by atoms with Gasteiger partial charge in [0, 0.05) is 19.6 Å². The summed E-state index contributed by atoms with van der Waals surface area (Å²) < 4.78 is 36.7. The lowest BCUT2D eigenvalue weighted by Gasteiger charge is -2.36. The second-order valence-electron chi connectivity index (χ2n) is 5.49. The molecule has 0 bridgehead atoms. The third-order valence-corrected chi connectivity index (χ3v) is 3.81. The normalized spacial score (nSPS) is 13.3. The fraction of sp³-hybridized carbons (Fsp3) is 1.00. The molecule has 1 N–H and O–H groups in total. The average molecular weight is 282 g/mol. The van der Waals surface area contributed by atoms with E-state index in [4.69, 9.17) is 0 Å². The van der Waals surface area contributed by atoms with Crippen molar-refractivity contribution >= 4 is 0 Å². The smallest absolute Gasteiger partial charge is 0.316 e. The van der Waals surface area contributed by atoms with Gasteiger partial charge in [-0.1, -0.05) is 20.8 Å². The maximum Gasteiger partial charge on any atom is 0.390 e. The standard InChI is InChI=1S/C14H29F3N2/c1-5-9-18-11-13(6-2,7-3)12-19(4)10-8-14(15,16)17/h18H,5-12H2,1-4H3. The topological polar surface area (TPSA) is 15.3 Å². The summed E-state index contributed by atoms with van der Waals surface area (Å²) in [5, 5.41) is 3.41. The second kappa shape index (κ2) is 8.80. The molecule has 0 amide bonds. The van der Waals surface area contributed by atoms with Crippen molar-refractivity contribution in [3.63, 3.8) is 0 Å². The third kappa shape index (κ3) is 8.47. The first-order chi connectivity index (χ1) is 8.78. The van der Waals surface area contributed by atoms with Crippen LogP contribution < -0.4 is 5.32 Å². The van der Waals surface area contributed by atoms with Crippen molar-refractivity contribution in [2.24, 2.45) is 5.41 Å². The minimum atomic E-state index is -4.06. The SMILES string of the molecule is CCCNCC(CC)(CC)CN(C)CCC(F)(F)F. The molecule has 0 unspecified atom stereocenters. The lowest BCUT2D eigenvalue weighted by Crippen LogP contribution is -2.43. The predicted octanol–water partition coefficient (Wildman–Crippen LogP) is 3.68. The van der Waals surface area contributed by atoms with Gasteiger partial charge >= 0.3 is 6.18 Å². The molecule has 0 rings (SSSR count). The molecule has 0 spiro atoms. The van der Waals surface area contributed by atoms with Crippen molar-refractivity contribution in [2.75, 3.05) is 33.2 Å². The van der Waals surface area contributed by atoms with E-state index in [1.807, 2.05) is 4.90 Å². The van der Waals surface area contributed by atoms with Gasteiger partial charge in [0.05, 0.1) is 6.42 Å². The number of rotatable bonds is 10. The Balaban J connectivity index is 4.30. The molecule has 0 aromatic heterocycles. The average Bonchev–Trinajstić information content (AvgIpc) is 2.34. The highest BCUT2D eigenvalue weighted by Gasteiger charge is 2.30. The summed E-state index contributed by atoms with van der Waals surface area (Å²) in [6.07, 6.45) is -1.74. The van der Waals surface area contributed by atoms with E-state index in [1.54, 1.807) is 7.05 Å². The summed E-state index contributed by atoms with van der Waals surface area (Å²) >= 11 is 0. The van der Waals surface area contributed by atoms with Crippen LogP contribution in [0.5, 0.6) is 0 Å². The van der Waals surface area contributed by atoms with E-state index >= 15 is 0 Å². The highest BCUT2D eigenvalue weighted by Crippen LogP contribution is 2.27. The van der Waals surface area contributed by atoms with Gasteiger partial charge in [0.15, 0.2) is 0 Å². The van der Waals surface area contributed by atoms with E-state index in [1.165, 1.54) is 0 Å². The Bertz CT molecular complexity index is 225. The summed E-state index contributed by atoms with van der Waals surface area (Å²) in [4.78, 5) is 1.81. The minimum absolute atomic E-state index is 0.0789. The molecular formula is C14H29F3N2. The van der Waals surface area contributed by atoms with Crippen molar-refractivity contribution in [1.82, 2.24) is 10.2 Å². The van der Waals surface area contributed by atoms with Gasteiger partial charge in [-0.2, -0.15) is 13.2 Å². The van der Waals surface area contributed by atoms with Gasteiger partial charge in [-0.3, -0.25) is 0 Å². The van der Waals surface area contributed by atoms with Crippen LogP contribution in [0.2, 0.25) is 0 Å². The molecule has 0 aliphatic heterocycles. The maximum absolute atomic E-state index is 12.2. The van der Waals surface area contributed by atoms with E-state index in [0.717, 1.165) is 32.4 Å². The molecule has 0 aliphatic rings. The number of nitrogens with zero attached hydrogens (tertiary/aromatic N) is 1. The van der Waals surface area contributed by atoms with Crippen LogP contribution in [0.4, 0.5) is 13.2 Å². The molecule has 5 heteroatoms. The molecule has 2 nitrogen and oxygen atoms in total. The van der Waals surface area contributed by atoms with Crippen molar-refractivity contribution in [3.8, 4) is 0 Å². The van der Waals surface area contributed by atoms with Crippen LogP contribution in [0, 0.1) is 5.41 Å². The zero-order chi connectivity index (χ0) is 14.9. The number of halogens is 3. The Morgan fingerprint density at radius 1 is 1.05 bits per heavy atom. The Morgan fingerprint density at radius 2 is 1.63 bits per heavy atom. The lowest BCUT2D eigenvalue weighted by atomic mass is 9.81. The molecule has 0 aromatic carbocycles. The van der Waals surface area contributed by atoms with Crippen LogP contribution >= 0.6 is 0 Å². The number of hydrogen-bond donors (Lipinski definition) is 1. The van der Waals surface area contributed by atoms with Gasteiger partial charge in [-0.25, -0.2) is 0 Å². The van der Waals surface area contributed by atoms with Gasteiger partial charge in [-0.15, -0.1) is 0 Å².